The topological polar surface area (TPSA) is 119 Å². The number of sulfonamides is 1. The van der Waals surface area contributed by atoms with Crippen molar-refractivity contribution in [1.82, 2.24) is 0 Å². The molecule has 0 atom stereocenters. The van der Waals surface area contributed by atoms with Crippen LogP contribution in [0.3, 0.4) is 0 Å². The van der Waals surface area contributed by atoms with Crippen LogP contribution in [0.4, 0.5) is 0 Å². The van der Waals surface area contributed by atoms with Gasteiger partial charge in [0.05, 0.1) is 4.90 Å². The Morgan fingerprint density at radius 1 is 1.24 bits per heavy atom. The lowest BCUT2D eigenvalue weighted by Gasteiger charge is -2.08. The van der Waals surface area contributed by atoms with E-state index in [1.165, 1.54) is 6.07 Å². The molecule has 6 nitrogen and oxygen atoms in total. The molecule has 0 radical (unpaired) electrons. The van der Waals surface area contributed by atoms with Crippen LogP contribution in [0.5, 0.6) is 0 Å². The van der Waals surface area contributed by atoms with Crippen LogP contribution in [-0.4, -0.2) is 32.5 Å². The largest absolute Gasteiger partial charge is 0.396 e. The van der Waals surface area contributed by atoms with E-state index in [-0.39, 0.29) is 17.3 Å². The summed E-state index contributed by atoms with van der Waals surface area (Å²) in [6.45, 7) is 2.57. The van der Waals surface area contributed by atoms with Crippen molar-refractivity contribution < 1.29 is 13.5 Å². The highest BCUT2D eigenvalue weighted by atomic mass is 32.2. The van der Waals surface area contributed by atoms with Gasteiger partial charge in [0.1, 0.15) is 5.84 Å². The third-order valence-electron chi connectivity index (χ3n) is 3.07. The van der Waals surface area contributed by atoms with Crippen LogP contribution in [0.2, 0.25) is 0 Å². The van der Waals surface area contributed by atoms with Gasteiger partial charge in [0.2, 0.25) is 10.0 Å². The van der Waals surface area contributed by atoms with Gasteiger partial charge in [0.15, 0.2) is 0 Å². The van der Waals surface area contributed by atoms with Crippen LogP contribution in [0.1, 0.15) is 36.8 Å². The number of unbranched alkanes of at least 4 members (excludes halogenated alkanes) is 3. The average Bonchev–Trinajstić information content (AvgIpc) is 2.41. The maximum absolute atomic E-state index is 11.6. The second-order valence-corrected chi connectivity index (χ2v) is 6.48. The van der Waals surface area contributed by atoms with E-state index in [2.05, 4.69) is 4.99 Å². The molecule has 118 valence electrons. The number of rotatable bonds is 8. The van der Waals surface area contributed by atoms with E-state index in [0.717, 1.165) is 31.2 Å². The molecule has 21 heavy (non-hydrogen) atoms. The zero-order valence-corrected chi connectivity index (χ0v) is 13.1. The zero-order chi connectivity index (χ0) is 15.9. The molecule has 0 aliphatic heterocycles. The van der Waals surface area contributed by atoms with Crippen molar-refractivity contribution in [3.05, 3.63) is 29.3 Å². The molecular formula is C14H23N3O3S. The van der Waals surface area contributed by atoms with Gasteiger partial charge >= 0.3 is 0 Å². The monoisotopic (exact) mass is 313 g/mol. The molecule has 0 saturated heterocycles. The summed E-state index contributed by atoms with van der Waals surface area (Å²) in [6.07, 6.45) is 3.52. The fourth-order valence-corrected chi connectivity index (χ4v) is 2.68. The highest BCUT2D eigenvalue weighted by molar-refractivity contribution is 7.89. The number of aliphatic hydroxyl groups is 1. The van der Waals surface area contributed by atoms with Gasteiger partial charge in [0.25, 0.3) is 0 Å². The van der Waals surface area contributed by atoms with Crippen LogP contribution in [0.25, 0.3) is 0 Å². The van der Waals surface area contributed by atoms with Crippen LogP contribution in [0, 0.1) is 6.92 Å². The lowest BCUT2D eigenvalue weighted by atomic mass is 10.1. The lowest BCUT2D eigenvalue weighted by molar-refractivity contribution is 0.282. The van der Waals surface area contributed by atoms with E-state index in [9.17, 15) is 8.42 Å². The first-order valence-corrected chi connectivity index (χ1v) is 8.45. The molecule has 7 heteroatoms. The number of aliphatic hydroxyl groups excluding tert-OH is 1. The molecule has 0 amide bonds. The minimum absolute atomic E-state index is 0.00497. The fraction of sp³-hybridized carbons (Fsp3) is 0.500. The summed E-state index contributed by atoms with van der Waals surface area (Å²) in [6, 6.07) is 4.79. The van der Waals surface area contributed by atoms with Gasteiger partial charge in [-0.3, -0.25) is 4.99 Å². The van der Waals surface area contributed by atoms with E-state index in [1.54, 1.807) is 12.1 Å². The summed E-state index contributed by atoms with van der Waals surface area (Å²) < 4.78 is 23.1. The second kappa shape index (κ2) is 8.11. The second-order valence-electron chi connectivity index (χ2n) is 4.95. The smallest absolute Gasteiger partial charge is 0.238 e. The van der Waals surface area contributed by atoms with Gasteiger partial charge in [0, 0.05) is 18.7 Å². The van der Waals surface area contributed by atoms with Crippen LogP contribution >= 0.6 is 0 Å². The Bertz CT molecular complexity index is 597. The summed E-state index contributed by atoms with van der Waals surface area (Å²) in [5.74, 6) is 0.185. The molecule has 5 N–H and O–H groups in total. The van der Waals surface area contributed by atoms with Gasteiger partial charge in [-0.05, 0) is 31.9 Å². The minimum atomic E-state index is -3.83. The summed E-state index contributed by atoms with van der Waals surface area (Å²) >= 11 is 0. The molecule has 0 aromatic heterocycles. The molecule has 0 fully saturated rings. The van der Waals surface area contributed by atoms with Crippen molar-refractivity contribution in [3.8, 4) is 0 Å². The van der Waals surface area contributed by atoms with E-state index < -0.39 is 10.0 Å². The Morgan fingerprint density at radius 2 is 1.90 bits per heavy atom. The minimum Gasteiger partial charge on any atom is -0.396 e. The first-order chi connectivity index (χ1) is 9.86. The Balaban J connectivity index is 2.81. The Kier molecular flexibility index (Phi) is 6.80. The molecule has 0 heterocycles. The summed E-state index contributed by atoms with van der Waals surface area (Å²) in [5.41, 5.74) is 7.13. The molecule has 0 aliphatic carbocycles. The Morgan fingerprint density at radius 3 is 2.52 bits per heavy atom. The molecule has 0 unspecified atom stereocenters. The standard InChI is InChI=1S/C14H23N3O3S/c1-11-6-7-13(21(16,19)20)12(10-11)14(15)17-8-4-2-3-5-9-18/h6-7,10,18H,2-5,8-9H2,1H3,(H2,15,17)(H2,16,19,20). The van der Waals surface area contributed by atoms with Crippen LogP contribution in [-0.2, 0) is 10.0 Å². The molecular weight excluding hydrogens is 290 g/mol. The molecule has 1 aromatic rings. The van der Waals surface area contributed by atoms with Crippen molar-refractivity contribution in [1.29, 1.82) is 0 Å². The van der Waals surface area contributed by atoms with Gasteiger partial charge in [-0.2, -0.15) is 0 Å². The highest BCUT2D eigenvalue weighted by Gasteiger charge is 2.16. The average molecular weight is 313 g/mol. The third-order valence-corrected chi connectivity index (χ3v) is 4.03. The summed E-state index contributed by atoms with van der Waals surface area (Å²) in [5, 5.41) is 13.9. The van der Waals surface area contributed by atoms with Crippen molar-refractivity contribution in [2.24, 2.45) is 15.9 Å². The van der Waals surface area contributed by atoms with Gasteiger partial charge in [-0.15, -0.1) is 0 Å². The van der Waals surface area contributed by atoms with Gasteiger partial charge < -0.3 is 10.8 Å². The molecule has 0 bridgehead atoms. The van der Waals surface area contributed by atoms with Gasteiger partial charge in [-0.25, -0.2) is 13.6 Å². The molecule has 1 rings (SSSR count). The number of aliphatic imine (C=N–C) groups is 1. The van der Waals surface area contributed by atoms with Crippen molar-refractivity contribution in [2.75, 3.05) is 13.2 Å². The van der Waals surface area contributed by atoms with E-state index in [4.69, 9.17) is 16.0 Å². The van der Waals surface area contributed by atoms with Crippen molar-refractivity contribution in [2.45, 2.75) is 37.5 Å². The van der Waals surface area contributed by atoms with E-state index in [1.807, 2.05) is 6.92 Å². The number of hydrogen-bond acceptors (Lipinski definition) is 4. The number of hydrogen-bond donors (Lipinski definition) is 3. The summed E-state index contributed by atoms with van der Waals surface area (Å²) in [4.78, 5) is 4.21. The molecule has 1 aromatic carbocycles. The number of benzene rings is 1. The predicted octanol–water partition coefficient (Wildman–Crippen LogP) is 0.900. The van der Waals surface area contributed by atoms with Gasteiger partial charge in [-0.1, -0.05) is 24.5 Å². The van der Waals surface area contributed by atoms with E-state index >= 15 is 0 Å². The fourth-order valence-electron chi connectivity index (χ4n) is 1.95. The van der Waals surface area contributed by atoms with Crippen LogP contribution < -0.4 is 10.9 Å². The SMILES string of the molecule is Cc1ccc(S(N)(=O)=O)c(C(N)=NCCCCCCO)c1. The quantitative estimate of drug-likeness (QED) is 0.375. The number of amidine groups is 1. The molecule has 0 spiro atoms. The number of aryl methyl sites for hydroxylation is 1. The Labute approximate surface area is 125 Å². The van der Waals surface area contributed by atoms with E-state index in [0.29, 0.717) is 12.1 Å². The maximum atomic E-state index is 11.6. The first-order valence-electron chi connectivity index (χ1n) is 6.91. The molecule has 0 aliphatic rings. The van der Waals surface area contributed by atoms with Crippen molar-refractivity contribution >= 4 is 15.9 Å². The highest BCUT2D eigenvalue weighted by Crippen LogP contribution is 2.16. The zero-order valence-electron chi connectivity index (χ0n) is 12.2. The Hall–Kier alpha value is -1.44. The van der Waals surface area contributed by atoms with Crippen molar-refractivity contribution in [3.63, 3.8) is 0 Å². The lowest BCUT2D eigenvalue weighted by Crippen LogP contribution is -2.22. The number of nitrogens with zero attached hydrogens (tertiary/aromatic N) is 1. The predicted molar refractivity (Wildman–Crippen MR) is 83.7 cm³/mol. The molecule has 0 saturated carbocycles. The van der Waals surface area contributed by atoms with Crippen LogP contribution in [0.15, 0.2) is 28.1 Å². The third kappa shape index (κ3) is 5.82. The number of primary sulfonamides is 1. The number of nitrogens with two attached hydrogens (primary N) is 2. The normalized spacial score (nSPS) is 12.6. The summed E-state index contributed by atoms with van der Waals surface area (Å²) in [7, 11) is -3.83. The first kappa shape index (κ1) is 17.6. The maximum Gasteiger partial charge on any atom is 0.238 e.